The Balaban J connectivity index is 2.08. The van der Waals surface area contributed by atoms with E-state index in [0.29, 0.717) is 33.0 Å². The lowest BCUT2D eigenvalue weighted by atomic mass is 10.2. The quantitative estimate of drug-likeness (QED) is 0.417. The molecule has 0 unspecified atom stereocenters. The fraction of sp³-hybridized carbons (Fsp3) is 0.176. The number of nitrogens with one attached hydrogen (secondary N) is 2. The molecule has 0 bridgehead atoms. The van der Waals surface area contributed by atoms with Crippen molar-refractivity contribution in [3.63, 3.8) is 0 Å². The lowest BCUT2D eigenvalue weighted by Gasteiger charge is -2.12. The van der Waals surface area contributed by atoms with Gasteiger partial charge >= 0.3 is 0 Å². The highest BCUT2D eigenvalue weighted by Gasteiger charge is 2.12. The average Bonchev–Trinajstić information content (AvgIpc) is 2.64. The van der Waals surface area contributed by atoms with Gasteiger partial charge in [-0.1, -0.05) is 29.3 Å². The Bertz CT molecular complexity index is 806. The van der Waals surface area contributed by atoms with Crippen LogP contribution in [0.3, 0.4) is 0 Å². The molecule has 0 saturated heterocycles. The molecule has 26 heavy (non-hydrogen) atoms. The summed E-state index contributed by atoms with van der Waals surface area (Å²) in [5.41, 5.74) is 4.02. The third-order valence-electron chi connectivity index (χ3n) is 3.27. The fourth-order valence-corrected chi connectivity index (χ4v) is 2.60. The summed E-state index contributed by atoms with van der Waals surface area (Å²) in [7, 11) is 4.63. The van der Waals surface area contributed by atoms with Crippen LogP contribution in [0.25, 0.3) is 0 Å². The summed E-state index contributed by atoms with van der Waals surface area (Å²) in [5.74, 6) is 1.56. The molecular formula is C17H17Cl2N3O3S. The van der Waals surface area contributed by atoms with Gasteiger partial charge in [-0.25, -0.2) is 0 Å². The van der Waals surface area contributed by atoms with Crippen LogP contribution in [-0.2, 0) is 0 Å². The average molecular weight is 414 g/mol. The number of benzene rings is 2. The van der Waals surface area contributed by atoms with E-state index in [1.165, 1.54) is 0 Å². The zero-order valence-corrected chi connectivity index (χ0v) is 16.6. The number of hydrogen-bond acceptors (Lipinski definition) is 5. The van der Waals surface area contributed by atoms with E-state index in [2.05, 4.69) is 15.8 Å². The highest BCUT2D eigenvalue weighted by molar-refractivity contribution is 7.80. The minimum atomic E-state index is 0.262. The molecule has 0 fully saturated rings. The second-order valence-corrected chi connectivity index (χ2v) is 6.08. The lowest BCUT2D eigenvalue weighted by Crippen LogP contribution is -2.24. The number of nitrogens with zero attached hydrogens (tertiary/aromatic N) is 1. The Morgan fingerprint density at radius 2 is 1.73 bits per heavy atom. The maximum Gasteiger partial charge on any atom is 0.203 e. The Hall–Kier alpha value is -2.22. The molecular weight excluding hydrogens is 397 g/mol. The van der Waals surface area contributed by atoms with Crippen LogP contribution in [0.4, 0.5) is 5.69 Å². The van der Waals surface area contributed by atoms with E-state index in [4.69, 9.17) is 49.6 Å². The zero-order valence-electron chi connectivity index (χ0n) is 14.3. The predicted octanol–water partition coefficient (Wildman–Crippen LogP) is 4.34. The van der Waals surface area contributed by atoms with Gasteiger partial charge in [-0.05, 0) is 36.5 Å². The van der Waals surface area contributed by atoms with Gasteiger partial charge in [0.05, 0.1) is 43.3 Å². The molecule has 0 radical (unpaired) electrons. The number of anilines is 1. The second-order valence-electron chi connectivity index (χ2n) is 4.88. The molecule has 0 heterocycles. The molecule has 2 rings (SSSR count). The highest BCUT2D eigenvalue weighted by atomic mass is 35.5. The summed E-state index contributed by atoms with van der Waals surface area (Å²) in [4.78, 5) is 0. The van der Waals surface area contributed by atoms with Crippen molar-refractivity contribution in [1.29, 1.82) is 0 Å². The van der Waals surface area contributed by atoms with Gasteiger partial charge < -0.3 is 19.5 Å². The van der Waals surface area contributed by atoms with Crippen LogP contribution in [0.1, 0.15) is 5.56 Å². The van der Waals surface area contributed by atoms with Crippen molar-refractivity contribution in [2.75, 3.05) is 26.6 Å². The van der Waals surface area contributed by atoms with E-state index < -0.39 is 0 Å². The molecule has 0 aromatic heterocycles. The number of thiocarbonyl (C=S) groups is 1. The number of hydrazone groups is 1. The third kappa shape index (κ3) is 4.91. The molecule has 0 aliphatic heterocycles. The van der Waals surface area contributed by atoms with Gasteiger partial charge in [-0.3, -0.25) is 5.43 Å². The van der Waals surface area contributed by atoms with E-state index in [0.717, 1.165) is 5.56 Å². The van der Waals surface area contributed by atoms with E-state index >= 15 is 0 Å². The first-order valence-corrected chi connectivity index (χ1v) is 8.50. The molecule has 2 N–H and O–H groups in total. The van der Waals surface area contributed by atoms with E-state index in [1.807, 2.05) is 0 Å². The summed E-state index contributed by atoms with van der Waals surface area (Å²) >= 11 is 17.3. The molecule has 0 atom stereocenters. The van der Waals surface area contributed by atoms with Gasteiger partial charge in [0.25, 0.3) is 0 Å². The van der Waals surface area contributed by atoms with Crippen molar-refractivity contribution in [3.8, 4) is 17.2 Å². The standard InChI is InChI=1S/C17H17Cl2N3O3S/c1-23-13-7-10(8-14(24-2)16(13)25-3)9-20-22-17(26)21-12-6-4-5-11(18)15(12)19/h4-9H,1-3H3,(H2,21,22,26)/b20-9+. The van der Waals surface area contributed by atoms with Gasteiger partial charge in [0, 0.05) is 5.56 Å². The van der Waals surface area contributed by atoms with E-state index in [-0.39, 0.29) is 5.11 Å². The molecule has 138 valence electrons. The van der Waals surface area contributed by atoms with Crippen molar-refractivity contribution in [3.05, 3.63) is 45.9 Å². The summed E-state index contributed by atoms with van der Waals surface area (Å²) < 4.78 is 15.9. The predicted molar refractivity (Wildman–Crippen MR) is 110 cm³/mol. The Morgan fingerprint density at radius 1 is 1.08 bits per heavy atom. The van der Waals surface area contributed by atoms with Gasteiger partial charge in [0.2, 0.25) is 5.75 Å². The number of ether oxygens (including phenoxy) is 3. The SMILES string of the molecule is COc1cc(/C=N/NC(=S)Nc2cccc(Cl)c2Cl)cc(OC)c1OC. The smallest absolute Gasteiger partial charge is 0.203 e. The van der Waals surface area contributed by atoms with Crippen molar-refractivity contribution in [1.82, 2.24) is 5.43 Å². The molecule has 0 spiro atoms. The number of methoxy groups -OCH3 is 3. The molecule has 0 aliphatic rings. The van der Waals surface area contributed by atoms with E-state index in [9.17, 15) is 0 Å². The van der Waals surface area contributed by atoms with Crippen LogP contribution in [-0.4, -0.2) is 32.7 Å². The molecule has 2 aromatic carbocycles. The maximum atomic E-state index is 6.10. The normalized spacial score (nSPS) is 10.5. The van der Waals surface area contributed by atoms with Crippen molar-refractivity contribution < 1.29 is 14.2 Å². The minimum Gasteiger partial charge on any atom is -0.493 e. The van der Waals surface area contributed by atoms with Gasteiger partial charge in [0.15, 0.2) is 16.6 Å². The van der Waals surface area contributed by atoms with E-state index in [1.54, 1.807) is 57.9 Å². The van der Waals surface area contributed by atoms with Crippen LogP contribution in [0.2, 0.25) is 10.0 Å². The Morgan fingerprint density at radius 3 is 2.31 bits per heavy atom. The first kappa shape index (κ1) is 20.1. The fourth-order valence-electron chi connectivity index (χ4n) is 2.09. The molecule has 0 amide bonds. The molecule has 9 heteroatoms. The van der Waals surface area contributed by atoms with Crippen molar-refractivity contribution in [2.24, 2.45) is 5.10 Å². The Kier molecular flexibility index (Phi) is 7.32. The number of hydrogen-bond donors (Lipinski definition) is 2. The summed E-state index contributed by atoms with van der Waals surface area (Å²) in [6.07, 6.45) is 1.57. The molecule has 6 nitrogen and oxygen atoms in total. The molecule has 0 saturated carbocycles. The summed E-state index contributed by atoms with van der Waals surface area (Å²) in [5, 5.41) is 8.09. The van der Waals surface area contributed by atoms with Crippen LogP contribution in [0.5, 0.6) is 17.2 Å². The lowest BCUT2D eigenvalue weighted by molar-refractivity contribution is 0.324. The van der Waals surface area contributed by atoms with Crippen LogP contribution in [0.15, 0.2) is 35.4 Å². The van der Waals surface area contributed by atoms with Crippen LogP contribution >= 0.6 is 35.4 Å². The highest BCUT2D eigenvalue weighted by Crippen LogP contribution is 2.37. The van der Waals surface area contributed by atoms with Crippen molar-refractivity contribution in [2.45, 2.75) is 0 Å². The summed E-state index contributed by atoms with van der Waals surface area (Å²) in [6.45, 7) is 0. The topological polar surface area (TPSA) is 64.1 Å². The first-order valence-electron chi connectivity index (χ1n) is 7.34. The van der Waals surface area contributed by atoms with Crippen LogP contribution in [0, 0.1) is 0 Å². The zero-order chi connectivity index (χ0) is 19.1. The third-order valence-corrected chi connectivity index (χ3v) is 4.28. The minimum absolute atomic E-state index is 0.262. The van der Waals surface area contributed by atoms with Crippen LogP contribution < -0.4 is 25.0 Å². The van der Waals surface area contributed by atoms with Gasteiger partial charge in [-0.15, -0.1) is 0 Å². The van der Waals surface area contributed by atoms with Gasteiger partial charge in [-0.2, -0.15) is 5.10 Å². The molecule has 0 aliphatic carbocycles. The Labute approximate surface area is 167 Å². The van der Waals surface area contributed by atoms with Gasteiger partial charge in [0.1, 0.15) is 0 Å². The monoisotopic (exact) mass is 413 g/mol. The summed E-state index contributed by atoms with van der Waals surface area (Å²) in [6, 6.07) is 8.73. The maximum absolute atomic E-state index is 6.10. The molecule has 2 aromatic rings. The largest absolute Gasteiger partial charge is 0.493 e. The van der Waals surface area contributed by atoms with Crippen molar-refractivity contribution >= 4 is 52.4 Å². The second kappa shape index (κ2) is 9.47. The number of rotatable bonds is 6. The first-order chi connectivity index (χ1) is 12.5. The number of halogens is 2.